The van der Waals surface area contributed by atoms with Crippen LogP contribution in [0.5, 0.6) is 0 Å². The van der Waals surface area contributed by atoms with Crippen molar-refractivity contribution < 1.29 is 22.4 Å². The molecule has 1 N–H and O–H groups in total. The fourth-order valence-corrected chi connectivity index (χ4v) is 6.99. The predicted octanol–water partition coefficient (Wildman–Crippen LogP) is 3.24. The number of nitrogens with zero attached hydrogens (tertiary/aromatic N) is 3. The number of aromatic amines is 1. The monoisotopic (exact) mass is 576 g/mol. The first-order valence-corrected chi connectivity index (χ1v) is 15.2. The highest BCUT2D eigenvalue weighted by atomic mass is 32.2. The van der Waals surface area contributed by atoms with Gasteiger partial charge >= 0.3 is 0 Å². The number of benzene rings is 2. The first-order chi connectivity index (χ1) is 19.9. The molecule has 2 aliphatic heterocycles. The van der Waals surface area contributed by atoms with Crippen LogP contribution in [-0.2, 0) is 27.7 Å². The third-order valence-corrected chi connectivity index (χ3v) is 9.59. The molecule has 0 aliphatic carbocycles. The molecule has 10 nitrogen and oxygen atoms in total. The second-order valence-corrected chi connectivity index (χ2v) is 12.2. The quantitative estimate of drug-likeness (QED) is 0.325. The first-order valence-electron chi connectivity index (χ1n) is 13.8. The number of H-pyrrole nitrogens is 1. The van der Waals surface area contributed by atoms with Gasteiger partial charge in [-0.05, 0) is 61.3 Å². The molecule has 0 saturated carbocycles. The Labute approximate surface area is 238 Å². The average Bonchev–Trinajstić information content (AvgIpc) is 3.67. The Kier molecular flexibility index (Phi) is 7.76. The van der Waals surface area contributed by atoms with Gasteiger partial charge in [0.1, 0.15) is 11.3 Å². The van der Waals surface area contributed by atoms with Crippen LogP contribution in [0.1, 0.15) is 28.1 Å². The number of pyridine rings is 1. The summed E-state index contributed by atoms with van der Waals surface area (Å²) in [6.07, 6.45) is 4.27. The van der Waals surface area contributed by atoms with E-state index in [1.807, 2.05) is 24.3 Å². The number of anilines is 1. The normalized spacial score (nSPS) is 16.0. The number of morpholine rings is 1. The van der Waals surface area contributed by atoms with Gasteiger partial charge in [0.15, 0.2) is 0 Å². The number of sulfonamides is 1. The van der Waals surface area contributed by atoms with Crippen molar-refractivity contribution in [2.24, 2.45) is 0 Å². The number of carbonyl (C=O) groups is 1. The van der Waals surface area contributed by atoms with Gasteiger partial charge in [-0.2, -0.15) is 4.31 Å². The highest BCUT2D eigenvalue weighted by Crippen LogP contribution is 2.29. The molecule has 1 saturated heterocycles. The molecule has 2 aliphatic rings. The highest BCUT2D eigenvalue weighted by molar-refractivity contribution is 7.89. The molecule has 2 aromatic carbocycles. The number of fused-ring (bicyclic) bond motifs is 2. The zero-order chi connectivity index (χ0) is 28.4. The Bertz CT molecular complexity index is 1710. The van der Waals surface area contributed by atoms with E-state index >= 15 is 0 Å². The van der Waals surface area contributed by atoms with Crippen LogP contribution >= 0.6 is 0 Å². The molecule has 6 rings (SSSR count). The topological polar surface area (TPSA) is 116 Å². The zero-order valence-corrected chi connectivity index (χ0v) is 23.4. The number of rotatable bonds is 9. The SMILES string of the molecule is O=C(c1c[nH]c2ccc(S(=O)(=O)N(CCCN3CCOCC3)Cc3ccco3)cc2c1=O)N1CCc2ccccc21. The van der Waals surface area contributed by atoms with Crippen LogP contribution in [-0.4, -0.2) is 74.5 Å². The van der Waals surface area contributed by atoms with Gasteiger partial charge in [-0.25, -0.2) is 8.42 Å². The number of hydrogen-bond donors (Lipinski definition) is 1. The summed E-state index contributed by atoms with van der Waals surface area (Å²) in [6.45, 7) is 4.57. The molecule has 4 aromatic rings. The molecular weight excluding hydrogens is 544 g/mol. The van der Waals surface area contributed by atoms with Crippen molar-refractivity contribution in [1.29, 1.82) is 0 Å². The van der Waals surface area contributed by atoms with Crippen molar-refractivity contribution in [3.8, 4) is 0 Å². The lowest BCUT2D eigenvalue weighted by Gasteiger charge is -2.28. The van der Waals surface area contributed by atoms with E-state index < -0.39 is 21.4 Å². The Balaban J connectivity index is 1.29. The number of ether oxygens (including phenoxy) is 1. The van der Waals surface area contributed by atoms with Crippen LogP contribution in [0.25, 0.3) is 10.9 Å². The maximum atomic E-state index is 13.9. The summed E-state index contributed by atoms with van der Waals surface area (Å²) in [7, 11) is -4.00. The zero-order valence-electron chi connectivity index (χ0n) is 22.6. The summed E-state index contributed by atoms with van der Waals surface area (Å²) in [5.41, 5.74) is 1.77. The number of furan rings is 1. The second kappa shape index (κ2) is 11.6. The molecule has 2 aromatic heterocycles. The lowest BCUT2D eigenvalue weighted by Crippen LogP contribution is -2.39. The lowest BCUT2D eigenvalue weighted by molar-refractivity contribution is 0.0368. The number of carbonyl (C=O) groups excluding carboxylic acids is 1. The molecule has 0 radical (unpaired) electrons. The minimum Gasteiger partial charge on any atom is -0.468 e. The van der Waals surface area contributed by atoms with Crippen LogP contribution < -0.4 is 10.3 Å². The summed E-state index contributed by atoms with van der Waals surface area (Å²) in [5.74, 6) is 0.117. The van der Waals surface area contributed by atoms with Crippen LogP contribution in [0.4, 0.5) is 5.69 Å². The summed E-state index contributed by atoms with van der Waals surface area (Å²) in [5, 5.41) is 0.149. The first kappa shape index (κ1) is 27.4. The van der Waals surface area contributed by atoms with Gasteiger partial charge in [0, 0.05) is 49.0 Å². The van der Waals surface area contributed by atoms with Crippen LogP contribution in [0.15, 0.2) is 81.2 Å². The van der Waals surface area contributed by atoms with Crippen molar-refractivity contribution in [2.45, 2.75) is 24.3 Å². The van der Waals surface area contributed by atoms with E-state index in [9.17, 15) is 18.0 Å². The maximum absolute atomic E-state index is 13.9. The summed E-state index contributed by atoms with van der Waals surface area (Å²) in [6, 6.07) is 15.5. The molecule has 0 bridgehead atoms. The van der Waals surface area contributed by atoms with Crippen molar-refractivity contribution in [3.05, 3.63) is 94.2 Å². The molecule has 41 heavy (non-hydrogen) atoms. The fraction of sp³-hybridized carbons (Fsp3) is 0.333. The number of nitrogens with one attached hydrogen (secondary N) is 1. The summed E-state index contributed by atoms with van der Waals surface area (Å²) >= 11 is 0. The van der Waals surface area contributed by atoms with Gasteiger partial charge in [-0.15, -0.1) is 0 Å². The van der Waals surface area contributed by atoms with E-state index in [-0.39, 0.29) is 28.9 Å². The molecule has 1 amide bonds. The van der Waals surface area contributed by atoms with Gasteiger partial charge in [-0.3, -0.25) is 14.5 Å². The van der Waals surface area contributed by atoms with Gasteiger partial charge in [-0.1, -0.05) is 18.2 Å². The molecule has 214 valence electrons. The Morgan fingerprint density at radius 2 is 1.85 bits per heavy atom. The van der Waals surface area contributed by atoms with E-state index in [4.69, 9.17) is 9.15 Å². The fourth-order valence-electron chi connectivity index (χ4n) is 5.52. The lowest BCUT2D eigenvalue weighted by atomic mass is 10.1. The number of hydrogen-bond acceptors (Lipinski definition) is 7. The molecule has 1 fully saturated rings. The van der Waals surface area contributed by atoms with Crippen LogP contribution in [0.3, 0.4) is 0 Å². The second-order valence-electron chi connectivity index (χ2n) is 10.3. The molecule has 0 atom stereocenters. The molecular formula is C30H32N4O6S. The van der Waals surface area contributed by atoms with Gasteiger partial charge in [0.25, 0.3) is 5.91 Å². The van der Waals surface area contributed by atoms with Crippen LogP contribution in [0, 0.1) is 0 Å². The maximum Gasteiger partial charge on any atom is 0.263 e. The third kappa shape index (κ3) is 5.58. The van der Waals surface area contributed by atoms with Gasteiger partial charge in [0.2, 0.25) is 15.5 Å². The van der Waals surface area contributed by atoms with E-state index in [2.05, 4.69) is 9.88 Å². The van der Waals surface area contributed by atoms with Gasteiger partial charge in [0.05, 0.1) is 30.9 Å². The molecule has 0 unspecified atom stereocenters. The summed E-state index contributed by atoms with van der Waals surface area (Å²) < 4.78 is 40.1. The van der Waals surface area contributed by atoms with Crippen molar-refractivity contribution >= 4 is 32.5 Å². The Hall–Kier alpha value is -3.77. The predicted molar refractivity (Wildman–Crippen MR) is 155 cm³/mol. The number of aromatic nitrogens is 1. The molecule has 11 heteroatoms. The average molecular weight is 577 g/mol. The highest BCUT2D eigenvalue weighted by Gasteiger charge is 2.29. The van der Waals surface area contributed by atoms with E-state index in [1.54, 1.807) is 23.1 Å². The van der Waals surface area contributed by atoms with Crippen LogP contribution in [0.2, 0.25) is 0 Å². The smallest absolute Gasteiger partial charge is 0.263 e. The van der Waals surface area contributed by atoms with E-state index in [1.165, 1.54) is 28.9 Å². The minimum absolute atomic E-state index is 0.00968. The number of para-hydroxylation sites is 1. The standard InChI is InChI=1S/C30H32N4O6S/c35-29-25-19-24(8-9-27(25)31-20-26(29)30(36)34-13-10-22-5-1-2-7-28(22)34)41(37,38)33(21-23-6-3-16-40-23)12-4-11-32-14-17-39-18-15-32/h1-3,5-9,16,19-20H,4,10-15,17-18,21H2,(H,31,35). The van der Waals surface area contributed by atoms with Crippen molar-refractivity contribution in [3.63, 3.8) is 0 Å². The third-order valence-electron chi connectivity index (χ3n) is 7.75. The largest absolute Gasteiger partial charge is 0.468 e. The summed E-state index contributed by atoms with van der Waals surface area (Å²) in [4.78, 5) is 33.9. The van der Waals surface area contributed by atoms with E-state index in [0.717, 1.165) is 30.9 Å². The number of amides is 1. The molecule has 0 spiro atoms. The molecule has 4 heterocycles. The van der Waals surface area contributed by atoms with Gasteiger partial charge < -0.3 is 19.0 Å². The Morgan fingerprint density at radius 3 is 2.66 bits per heavy atom. The van der Waals surface area contributed by atoms with E-state index in [0.29, 0.717) is 43.9 Å². The minimum atomic E-state index is -4.00. The Morgan fingerprint density at radius 1 is 1.02 bits per heavy atom. The van der Waals surface area contributed by atoms with Crippen molar-refractivity contribution in [2.75, 3.05) is 50.8 Å². The van der Waals surface area contributed by atoms with Crippen molar-refractivity contribution in [1.82, 2.24) is 14.2 Å².